The van der Waals surface area contributed by atoms with E-state index in [1.165, 1.54) is 14.0 Å². The van der Waals surface area contributed by atoms with Crippen molar-refractivity contribution in [2.24, 2.45) is 17.2 Å². The zero-order chi connectivity index (χ0) is 92.6. The molecule has 12 aromatic rings. The summed E-state index contributed by atoms with van der Waals surface area (Å²) in [6, 6.07) is 74.0. The van der Waals surface area contributed by atoms with Crippen LogP contribution in [-0.2, 0) is 102 Å². The van der Waals surface area contributed by atoms with Crippen LogP contribution in [0.3, 0.4) is 0 Å². The van der Waals surface area contributed by atoms with Gasteiger partial charge in [0.2, 0.25) is 11.8 Å². The van der Waals surface area contributed by atoms with E-state index in [2.05, 4.69) is 57.5 Å². The summed E-state index contributed by atoms with van der Waals surface area (Å²) in [7, 11) is 0. The fourth-order valence-electron chi connectivity index (χ4n) is 13.5. The number of aromatic nitrogens is 9. The molecule has 0 bridgehead atoms. The van der Waals surface area contributed by atoms with Crippen molar-refractivity contribution in [3.8, 4) is 0 Å². The number of esters is 3. The predicted molar refractivity (Wildman–Crippen MR) is 499 cm³/mol. The van der Waals surface area contributed by atoms with E-state index in [1.807, 2.05) is 182 Å². The molecule has 0 unspecified atom stereocenters. The number of carboxylic acids is 1. The summed E-state index contributed by atoms with van der Waals surface area (Å²) in [6.07, 6.45) is 8.96. The summed E-state index contributed by atoms with van der Waals surface area (Å²) in [6.45, 7) is 1.22. The maximum atomic E-state index is 13.4. The number of carbonyl (C=O) groups excluding carboxylic acids is 8. The van der Waals surface area contributed by atoms with Crippen LogP contribution in [0, 0.1) is 0 Å². The first-order valence-corrected chi connectivity index (χ1v) is 42.3. The highest BCUT2D eigenvalue weighted by Gasteiger charge is 2.31. The van der Waals surface area contributed by atoms with Crippen molar-refractivity contribution in [2.45, 2.75) is 167 Å². The highest BCUT2D eigenvalue weighted by molar-refractivity contribution is 5.94. The number of aliphatic hydroxyl groups excluding tert-OH is 3. The Morgan fingerprint density at radius 2 is 0.583 bits per heavy atom. The number of nitrogens with one attached hydrogen (secondary N) is 5. The molecule has 9 aromatic carbocycles. The Morgan fingerprint density at radius 3 is 0.841 bits per heavy atom. The minimum atomic E-state index is -1.07. The molecule has 34 heteroatoms. The average Bonchev–Trinajstić information content (AvgIpc) is 1.69. The van der Waals surface area contributed by atoms with E-state index in [0.29, 0.717) is 79.8 Å². The minimum absolute atomic E-state index is 0. The van der Waals surface area contributed by atoms with E-state index in [0.717, 1.165) is 55.8 Å². The van der Waals surface area contributed by atoms with Crippen LogP contribution in [-0.4, -0.2) is 139 Å². The molecule has 0 aliphatic rings. The Kier molecular flexibility index (Phi) is 44.7. The molecule has 0 spiro atoms. The number of primary amides is 3. The van der Waals surface area contributed by atoms with Gasteiger partial charge < -0.3 is 84.2 Å². The van der Waals surface area contributed by atoms with Crippen molar-refractivity contribution in [3.05, 3.63) is 341 Å². The predicted octanol–water partition coefficient (Wildman–Crippen LogP) is 12.6. The molecule has 12 rings (SSSR count). The number of anilines is 3. The Bertz CT molecular complexity index is 5210. The third kappa shape index (κ3) is 37.2. The van der Waals surface area contributed by atoms with Crippen LogP contribution < -0.4 is 49.5 Å². The summed E-state index contributed by atoms with van der Waals surface area (Å²) >= 11 is 0. The van der Waals surface area contributed by atoms with Crippen LogP contribution in [0.25, 0.3) is 0 Å². The lowest BCUT2D eigenvalue weighted by Crippen LogP contribution is -2.31. The lowest BCUT2D eigenvalue weighted by molar-refractivity contribution is -0.146. The summed E-state index contributed by atoms with van der Waals surface area (Å²) in [5.41, 5.74) is 32.4. The van der Waals surface area contributed by atoms with Crippen LogP contribution in [0.5, 0.6) is 0 Å². The van der Waals surface area contributed by atoms with Crippen molar-refractivity contribution in [2.75, 3.05) is 36.0 Å². The smallest absolute Gasteiger partial charge is 0.328 e. The maximum absolute atomic E-state index is 13.4. The van der Waals surface area contributed by atoms with Gasteiger partial charge >= 0.3 is 42.0 Å². The lowest BCUT2D eigenvalue weighted by Gasteiger charge is -2.17. The number of aliphatic hydroxyl groups is 3. The molecule has 34 nitrogen and oxygen atoms in total. The first kappa shape index (κ1) is 104. The Morgan fingerprint density at radius 1 is 0.333 bits per heavy atom. The number of benzene rings is 9. The fourth-order valence-corrected chi connectivity index (χ4v) is 13.5. The molecule has 0 aliphatic carbocycles. The number of carbonyl (C=O) groups is 9. The van der Waals surface area contributed by atoms with Crippen molar-refractivity contribution in [1.82, 2.24) is 60.9 Å². The first-order chi connectivity index (χ1) is 63.1. The van der Waals surface area contributed by atoms with Gasteiger partial charge in [0.05, 0.1) is 56.2 Å². The number of rotatable bonds is 44. The Balaban J connectivity index is 0.000000257. The summed E-state index contributed by atoms with van der Waals surface area (Å²) in [4.78, 5) is 110. The van der Waals surface area contributed by atoms with Gasteiger partial charge in [0.25, 0.3) is 0 Å². The van der Waals surface area contributed by atoms with Crippen LogP contribution in [0.4, 0.5) is 31.4 Å². The normalized spacial score (nSPS) is 11.9. The lowest BCUT2D eigenvalue weighted by atomic mass is 9.93. The molecule has 8 amide bonds. The Labute approximate surface area is 766 Å². The minimum Gasteiger partial charge on any atom is -0.480 e. The number of carboxylic acid groups (broad SMARTS) is 1. The molecular formula is C98H118N18O16. The number of amides is 8. The molecule has 0 radical (unpaired) electrons. The summed E-state index contributed by atoms with van der Waals surface area (Å²) in [5, 5.41) is 75.7. The van der Waals surface area contributed by atoms with E-state index in [1.54, 1.807) is 91.4 Å². The van der Waals surface area contributed by atoms with Crippen molar-refractivity contribution < 1.29 is 77.8 Å². The van der Waals surface area contributed by atoms with Crippen molar-refractivity contribution in [3.63, 3.8) is 0 Å². The molecule has 696 valence electrons. The van der Waals surface area contributed by atoms with Gasteiger partial charge in [-0.25, -0.2) is 33.2 Å². The van der Waals surface area contributed by atoms with E-state index in [-0.39, 0.29) is 147 Å². The number of nitrogens with zero attached hydrogens (tertiary/aromatic N) is 9. The van der Waals surface area contributed by atoms with Crippen LogP contribution in [0.1, 0.15) is 176 Å². The zero-order valence-electron chi connectivity index (χ0n) is 71.8. The van der Waals surface area contributed by atoms with Crippen LogP contribution in [0.15, 0.2) is 273 Å². The second-order valence-corrected chi connectivity index (χ2v) is 30.4. The van der Waals surface area contributed by atoms with Gasteiger partial charge in [-0.3, -0.25) is 24.0 Å². The molecule has 0 saturated carbocycles. The van der Waals surface area contributed by atoms with Crippen molar-refractivity contribution in [1.29, 1.82) is 0 Å². The molecule has 17 N–H and O–H groups in total. The standard InChI is InChI=1S/2C32H36N6O5.C25H29N5O5.C7H9NO.2CH4/c2*33-32(42)34-17-7-12-29(31(41)35-27-15-13-24(21-39)14-16-27)38-20-28(36-37-38)26(18-23-8-3-1-4-9-23)19-30(40)43-22-25-10-5-2-6-11-25;26-25(34)27-13-7-12-22(24(32)33)30-16-21(28-29-30)20(14-18-8-3-1-4-9-18)15-23(31)35-17-19-10-5-2-6-11-19;8-7-3-1-6(5-9)2-4-7;;/h2*1-6,8-11,13-16,20,26,29,39H,7,12,17-19,21-22H2,(H,35,41)(H3,33,34,42);1-6,8-11,16,20,22H,7,12-15,17H2,(H,32,33)(H3,26,27,34);1-4,9H,5,8H2;2*1H4/t26-,29+;26-,29-;20-,22+;;;/m101.../s1. The van der Waals surface area contributed by atoms with Gasteiger partial charge in [-0.2, -0.15) is 0 Å². The Hall–Kier alpha value is -15.3. The van der Waals surface area contributed by atoms with Gasteiger partial charge in [-0.15, -0.1) is 15.3 Å². The van der Waals surface area contributed by atoms with Gasteiger partial charge in [0.1, 0.15) is 31.9 Å². The summed E-state index contributed by atoms with van der Waals surface area (Å²) in [5.74, 6) is -3.85. The average molecular weight is 1800 g/mol. The number of nitrogen functional groups attached to an aromatic ring is 1. The molecule has 3 heterocycles. The van der Waals surface area contributed by atoms with Gasteiger partial charge in [-0.05, 0) is 144 Å². The fraction of sp³-hybridized carbons (Fsp3) is 0.296. The highest BCUT2D eigenvalue weighted by atomic mass is 16.5. The second-order valence-electron chi connectivity index (χ2n) is 30.4. The number of hydrogen-bond acceptors (Lipinski definition) is 22. The number of aliphatic carboxylic acids is 1. The molecule has 0 saturated heterocycles. The van der Waals surface area contributed by atoms with E-state index < -0.39 is 42.2 Å². The second kappa shape index (κ2) is 56.8. The first-order valence-electron chi connectivity index (χ1n) is 42.3. The molecule has 3 aromatic heterocycles. The van der Waals surface area contributed by atoms with E-state index >= 15 is 0 Å². The number of ether oxygens (including phenoxy) is 3. The third-order valence-corrected chi connectivity index (χ3v) is 20.5. The topological polar surface area (TPSA) is 519 Å². The number of urea groups is 3. The molecule has 0 aliphatic heterocycles. The maximum Gasteiger partial charge on any atom is 0.328 e. The molecular weight excluding hydrogens is 1690 g/mol. The number of nitrogens with two attached hydrogens (primary N) is 4. The van der Waals surface area contributed by atoms with E-state index in [9.17, 15) is 58.5 Å². The van der Waals surface area contributed by atoms with E-state index in [4.69, 9.17) is 42.3 Å². The van der Waals surface area contributed by atoms with Gasteiger partial charge in [0.15, 0.2) is 6.04 Å². The monoisotopic (exact) mass is 1800 g/mol. The summed E-state index contributed by atoms with van der Waals surface area (Å²) < 4.78 is 20.8. The third-order valence-electron chi connectivity index (χ3n) is 20.5. The SMILES string of the molecule is C.C.NC(=O)NCCC[C@@H](C(=O)Nc1ccc(CO)cc1)n1cc([C@@H](CC(=O)OCc2ccccc2)Cc2ccccc2)nn1.NC(=O)NCCC[C@@H](C(=O)Nc1ccc(CO)cc1)n1cc([C@H](CC(=O)OCc2ccccc2)Cc2ccccc2)nn1.NC(=O)NCCC[C@@H](C(=O)O)n1cc([C@@H](CC(=O)OCc2ccccc2)Cc2ccccc2)nn1.Nc1ccc(CO)cc1. The molecule has 0 fully saturated rings. The molecule has 6 atom stereocenters. The number of hydrogen-bond donors (Lipinski definition) is 13. The quantitative estimate of drug-likeness (QED) is 0.00730. The van der Waals surface area contributed by atoms with Crippen LogP contribution >= 0.6 is 0 Å². The van der Waals surface area contributed by atoms with Crippen molar-refractivity contribution >= 4 is 70.8 Å². The van der Waals surface area contributed by atoms with Gasteiger partial charge in [-0.1, -0.05) is 249 Å². The highest BCUT2D eigenvalue weighted by Crippen LogP contribution is 2.31. The zero-order valence-corrected chi connectivity index (χ0v) is 71.8. The van der Waals surface area contributed by atoms with Crippen LogP contribution in [0.2, 0.25) is 0 Å². The molecule has 132 heavy (non-hydrogen) atoms. The largest absolute Gasteiger partial charge is 0.480 e. The van der Waals surface area contributed by atoms with Gasteiger partial charge in [0, 0.05) is 73.0 Å².